The van der Waals surface area contributed by atoms with Crippen LogP contribution >= 0.6 is 11.8 Å². The van der Waals surface area contributed by atoms with E-state index in [1.54, 1.807) is 19.3 Å². The zero-order valence-corrected chi connectivity index (χ0v) is 10.5. The molecule has 0 unspecified atom stereocenters. The topological polar surface area (TPSA) is 58.9 Å². The van der Waals surface area contributed by atoms with Crippen molar-refractivity contribution in [2.45, 2.75) is 30.1 Å². The van der Waals surface area contributed by atoms with Crippen molar-refractivity contribution in [1.29, 1.82) is 0 Å². The number of aromatic nitrogens is 3. The van der Waals surface area contributed by atoms with Gasteiger partial charge in [0.25, 0.3) is 0 Å². The van der Waals surface area contributed by atoms with Crippen LogP contribution < -0.4 is 0 Å². The molecule has 2 rings (SSSR count). The molecule has 0 radical (unpaired) electrons. The van der Waals surface area contributed by atoms with E-state index in [-0.39, 0.29) is 0 Å². The largest absolute Gasteiger partial charge is 0.389 e. The number of pyridine rings is 1. The van der Waals surface area contributed by atoms with Crippen LogP contribution in [0.1, 0.15) is 24.3 Å². The maximum absolute atomic E-state index is 9.37. The average molecular weight is 247 g/mol. The molecule has 1 atom stereocenters. The van der Waals surface area contributed by atoms with Gasteiger partial charge >= 0.3 is 0 Å². The van der Waals surface area contributed by atoms with E-state index in [0.717, 1.165) is 16.3 Å². The second kappa shape index (κ2) is 5.25. The Labute approximate surface area is 104 Å². The summed E-state index contributed by atoms with van der Waals surface area (Å²) in [6.07, 6.45) is 2.91. The number of aliphatic hydroxyl groups is 1. The van der Waals surface area contributed by atoms with Crippen LogP contribution in [0.2, 0.25) is 0 Å². The molecule has 0 aliphatic heterocycles. The predicted octanol–water partition coefficient (Wildman–Crippen LogP) is 2.38. The summed E-state index contributed by atoms with van der Waals surface area (Å²) in [7, 11) is 0. The van der Waals surface area contributed by atoms with Gasteiger partial charge in [-0.2, -0.15) is 0 Å². The highest BCUT2D eigenvalue weighted by Crippen LogP contribution is 2.23. The van der Waals surface area contributed by atoms with Crippen LogP contribution in [0.25, 0.3) is 0 Å². The van der Waals surface area contributed by atoms with E-state index in [1.807, 2.05) is 25.1 Å². The Balaban J connectivity index is 2.14. The van der Waals surface area contributed by atoms with Gasteiger partial charge in [0, 0.05) is 18.1 Å². The summed E-state index contributed by atoms with van der Waals surface area (Å²) in [5, 5.41) is 10.9. The molecule has 2 aromatic rings. The fourth-order valence-corrected chi connectivity index (χ4v) is 2.00. The highest BCUT2D eigenvalue weighted by Gasteiger charge is 2.04. The van der Waals surface area contributed by atoms with Gasteiger partial charge in [-0.3, -0.25) is 0 Å². The molecule has 5 heteroatoms. The first-order chi connectivity index (χ1) is 8.15. The molecular formula is C12H13N3OS. The highest BCUT2D eigenvalue weighted by atomic mass is 32.2. The zero-order chi connectivity index (χ0) is 12.3. The highest BCUT2D eigenvalue weighted by molar-refractivity contribution is 7.99. The van der Waals surface area contributed by atoms with Crippen molar-refractivity contribution in [3.8, 4) is 0 Å². The Bertz CT molecular complexity index is 499. The molecule has 0 saturated heterocycles. The van der Waals surface area contributed by atoms with E-state index in [2.05, 4.69) is 15.0 Å². The SMILES string of the molecule is Cc1ccnc(Sc2ccc([C@H](C)O)cn2)n1. The summed E-state index contributed by atoms with van der Waals surface area (Å²) in [6, 6.07) is 5.57. The van der Waals surface area contributed by atoms with E-state index in [4.69, 9.17) is 0 Å². The van der Waals surface area contributed by atoms with Crippen LogP contribution in [0.3, 0.4) is 0 Å². The summed E-state index contributed by atoms with van der Waals surface area (Å²) in [5.41, 5.74) is 1.74. The number of aliphatic hydroxyl groups excluding tert-OH is 1. The van der Waals surface area contributed by atoms with Gasteiger partial charge in [-0.25, -0.2) is 15.0 Å². The lowest BCUT2D eigenvalue weighted by atomic mass is 10.2. The van der Waals surface area contributed by atoms with Crippen LogP contribution in [0.5, 0.6) is 0 Å². The third kappa shape index (κ3) is 3.25. The second-order valence-corrected chi connectivity index (χ2v) is 4.68. The van der Waals surface area contributed by atoms with Crippen molar-refractivity contribution in [2.75, 3.05) is 0 Å². The summed E-state index contributed by atoms with van der Waals surface area (Å²) >= 11 is 1.41. The number of rotatable bonds is 3. The lowest BCUT2D eigenvalue weighted by Crippen LogP contribution is -1.93. The second-order valence-electron chi connectivity index (χ2n) is 3.69. The minimum Gasteiger partial charge on any atom is -0.389 e. The molecule has 2 aromatic heterocycles. The Morgan fingerprint density at radius 2 is 2.06 bits per heavy atom. The Hall–Kier alpha value is -1.46. The average Bonchev–Trinajstić information content (AvgIpc) is 2.29. The smallest absolute Gasteiger partial charge is 0.194 e. The molecule has 2 heterocycles. The van der Waals surface area contributed by atoms with Crippen molar-refractivity contribution < 1.29 is 5.11 Å². The number of nitrogens with zero attached hydrogens (tertiary/aromatic N) is 3. The first-order valence-electron chi connectivity index (χ1n) is 5.26. The first kappa shape index (κ1) is 12.0. The third-order valence-corrected chi connectivity index (χ3v) is 3.04. The zero-order valence-electron chi connectivity index (χ0n) is 9.66. The summed E-state index contributed by atoms with van der Waals surface area (Å²) in [6.45, 7) is 3.64. The monoisotopic (exact) mass is 247 g/mol. The van der Waals surface area contributed by atoms with Gasteiger partial charge in [0.15, 0.2) is 5.16 Å². The molecule has 0 aliphatic carbocycles. The molecule has 0 fully saturated rings. The molecule has 0 spiro atoms. The molecule has 0 bridgehead atoms. The van der Waals surface area contributed by atoms with Crippen LogP contribution in [-0.2, 0) is 0 Å². The summed E-state index contributed by atoms with van der Waals surface area (Å²) < 4.78 is 0. The molecule has 88 valence electrons. The van der Waals surface area contributed by atoms with Gasteiger partial charge in [-0.1, -0.05) is 6.07 Å². The van der Waals surface area contributed by atoms with E-state index in [9.17, 15) is 5.11 Å². The fraction of sp³-hybridized carbons (Fsp3) is 0.250. The minimum absolute atomic E-state index is 0.489. The molecule has 0 aliphatic rings. The normalized spacial score (nSPS) is 12.4. The van der Waals surface area contributed by atoms with E-state index in [0.29, 0.717) is 5.16 Å². The van der Waals surface area contributed by atoms with E-state index < -0.39 is 6.10 Å². The lowest BCUT2D eigenvalue weighted by molar-refractivity contribution is 0.198. The predicted molar refractivity (Wildman–Crippen MR) is 65.8 cm³/mol. The van der Waals surface area contributed by atoms with Crippen LogP contribution in [0.4, 0.5) is 0 Å². The minimum atomic E-state index is -0.489. The molecule has 17 heavy (non-hydrogen) atoms. The summed E-state index contributed by atoms with van der Waals surface area (Å²) in [4.78, 5) is 12.7. The van der Waals surface area contributed by atoms with Crippen molar-refractivity contribution in [1.82, 2.24) is 15.0 Å². The first-order valence-corrected chi connectivity index (χ1v) is 6.08. The third-order valence-electron chi connectivity index (χ3n) is 2.21. The van der Waals surface area contributed by atoms with Crippen molar-refractivity contribution in [3.05, 3.63) is 41.9 Å². The maximum atomic E-state index is 9.37. The van der Waals surface area contributed by atoms with Crippen LogP contribution in [0, 0.1) is 6.92 Å². The van der Waals surface area contributed by atoms with Crippen LogP contribution in [-0.4, -0.2) is 20.1 Å². The Morgan fingerprint density at radius 3 is 2.65 bits per heavy atom. The molecule has 1 N–H and O–H groups in total. The molecule has 4 nitrogen and oxygen atoms in total. The molecule has 0 amide bonds. The quantitative estimate of drug-likeness (QED) is 0.844. The fourth-order valence-electron chi connectivity index (χ4n) is 1.27. The molecular weight excluding hydrogens is 234 g/mol. The van der Waals surface area contributed by atoms with Gasteiger partial charge in [-0.15, -0.1) is 0 Å². The van der Waals surface area contributed by atoms with Crippen molar-refractivity contribution >= 4 is 11.8 Å². The van der Waals surface area contributed by atoms with Gasteiger partial charge in [0.05, 0.1) is 6.10 Å². The van der Waals surface area contributed by atoms with Gasteiger partial charge in [0.2, 0.25) is 0 Å². The number of hydrogen-bond acceptors (Lipinski definition) is 5. The van der Waals surface area contributed by atoms with Crippen LogP contribution in [0.15, 0.2) is 40.8 Å². The lowest BCUT2D eigenvalue weighted by Gasteiger charge is -2.04. The number of hydrogen-bond donors (Lipinski definition) is 1. The van der Waals surface area contributed by atoms with Gasteiger partial charge < -0.3 is 5.11 Å². The number of aryl methyl sites for hydroxylation is 1. The van der Waals surface area contributed by atoms with Crippen molar-refractivity contribution in [3.63, 3.8) is 0 Å². The van der Waals surface area contributed by atoms with E-state index >= 15 is 0 Å². The summed E-state index contributed by atoms with van der Waals surface area (Å²) in [5.74, 6) is 0. The Morgan fingerprint density at radius 1 is 1.24 bits per heavy atom. The van der Waals surface area contributed by atoms with Crippen molar-refractivity contribution in [2.24, 2.45) is 0 Å². The Kier molecular flexibility index (Phi) is 3.71. The molecule has 0 saturated carbocycles. The molecule has 0 aromatic carbocycles. The standard InChI is InChI=1S/C12H13N3OS/c1-8-5-6-13-12(15-8)17-11-4-3-10(7-14-11)9(2)16/h3-7,9,16H,1-2H3/t9-/m0/s1. The van der Waals surface area contributed by atoms with E-state index in [1.165, 1.54) is 11.8 Å². The maximum Gasteiger partial charge on any atom is 0.194 e. The van der Waals surface area contributed by atoms with Gasteiger partial charge in [0.1, 0.15) is 5.03 Å². The van der Waals surface area contributed by atoms with Gasteiger partial charge in [-0.05, 0) is 43.3 Å².